The number of aromatic nitrogens is 2. The Morgan fingerprint density at radius 1 is 1.28 bits per heavy atom. The molecular formula is C13H11BrN4. The molecule has 0 radical (unpaired) electrons. The molecule has 1 heterocycles. The number of benzene rings is 1. The Labute approximate surface area is 114 Å². The van der Waals surface area contributed by atoms with Crippen molar-refractivity contribution in [1.29, 1.82) is 5.26 Å². The zero-order valence-corrected chi connectivity index (χ0v) is 11.3. The van der Waals surface area contributed by atoms with Crippen LogP contribution in [0.5, 0.6) is 0 Å². The van der Waals surface area contributed by atoms with Gasteiger partial charge in [0, 0.05) is 4.47 Å². The summed E-state index contributed by atoms with van der Waals surface area (Å²) in [5.74, 6) is 0.650. The van der Waals surface area contributed by atoms with Gasteiger partial charge in [-0.3, -0.25) is 0 Å². The van der Waals surface area contributed by atoms with E-state index in [-0.39, 0.29) is 6.04 Å². The lowest BCUT2D eigenvalue weighted by atomic mass is 10.1. The van der Waals surface area contributed by atoms with Gasteiger partial charge in [0.2, 0.25) is 0 Å². The van der Waals surface area contributed by atoms with Crippen LogP contribution in [0.15, 0.2) is 41.1 Å². The molecule has 18 heavy (non-hydrogen) atoms. The van der Waals surface area contributed by atoms with Crippen LogP contribution in [-0.2, 0) is 0 Å². The van der Waals surface area contributed by atoms with E-state index in [9.17, 15) is 0 Å². The van der Waals surface area contributed by atoms with E-state index in [0.29, 0.717) is 11.5 Å². The summed E-state index contributed by atoms with van der Waals surface area (Å²) in [7, 11) is 0. The summed E-state index contributed by atoms with van der Waals surface area (Å²) in [6, 6.07) is 10.0. The molecular weight excluding hydrogens is 292 g/mol. The number of anilines is 1. The SMILES string of the molecule is CC(Nc1cnc(C#N)cn1)c1ccccc1Br. The molecule has 1 unspecified atom stereocenters. The zero-order chi connectivity index (χ0) is 13.0. The normalized spacial score (nSPS) is 11.6. The Balaban J connectivity index is 2.14. The van der Waals surface area contributed by atoms with Crippen molar-refractivity contribution in [2.75, 3.05) is 5.32 Å². The molecule has 0 fully saturated rings. The number of nitrogens with zero attached hydrogens (tertiary/aromatic N) is 3. The Morgan fingerprint density at radius 2 is 2.06 bits per heavy atom. The fourth-order valence-corrected chi connectivity index (χ4v) is 2.21. The molecule has 0 saturated carbocycles. The Bertz CT molecular complexity index is 574. The second-order valence-electron chi connectivity index (χ2n) is 3.79. The summed E-state index contributed by atoms with van der Waals surface area (Å²) in [6.45, 7) is 2.04. The predicted molar refractivity (Wildman–Crippen MR) is 72.9 cm³/mol. The third kappa shape index (κ3) is 2.84. The van der Waals surface area contributed by atoms with Gasteiger partial charge in [0.25, 0.3) is 0 Å². The molecule has 1 atom stereocenters. The van der Waals surface area contributed by atoms with Gasteiger partial charge in [-0.05, 0) is 18.6 Å². The largest absolute Gasteiger partial charge is 0.362 e. The van der Waals surface area contributed by atoms with Gasteiger partial charge in [-0.2, -0.15) is 5.26 Å². The molecule has 2 rings (SSSR count). The van der Waals surface area contributed by atoms with Crippen LogP contribution in [0, 0.1) is 11.3 Å². The summed E-state index contributed by atoms with van der Waals surface area (Å²) >= 11 is 3.51. The highest BCUT2D eigenvalue weighted by Gasteiger charge is 2.09. The third-order valence-electron chi connectivity index (χ3n) is 2.50. The number of nitrogens with one attached hydrogen (secondary N) is 1. The van der Waals surface area contributed by atoms with E-state index >= 15 is 0 Å². The van der Waals surface area contributed by atoms with E-state index < -0.39 is 0 Å². The Morgan fingerprint density at radius 3 is 2.67 bits per heavy atom. The van der Waals surface area contributed by atoms with Crippen molar-refractivity contribution < 1.29 is 0 Å². The molecule has 0 bridgehead atoms. The van der Waals surface area contributed by atoms with E-state index in [4.69, 9.17) is 5.26 Å². The maximum atomic E-state index is 8.65. The number of rotatable bonds is 3. The molecule has 4 nitrogen and oxygen atoms in total. The first kappa shape index (κ1) is 12.5. The smallest absolute Gasteiger partial charge is 0.158 e. The lowest BCUT2D eigenvalue weighted by molar-refractivity contribution is 0.865. The second kappa shape index (κ2) is 5.61. The highest BCUT2D eigenvalue weighted by Crippen LogP contribution is 2.25. The first-order valence-electron chi connectivity index (χ1n) is 5.44. The molecule has 0 spiro atoms. The quantitative estimate of drug-likeness (QED) is 0.945. The van der Waals surface area contributed by atoms with Crippen LogP contribution in [0.1, 0.15) is 24.2 Å². The summed E-state index contributed by atoms with van der Waals surface area (Å²) < 4.78 is 1.05. The van der Waals surface area contributed by atoms with Crippen LogP contribution in [0.2, 0.25) is 0 Å². The monoisotopic (exact) mass is 302 g/mol. The molecule has 2 aromatic rings. The second-order valence-corrected chi connectivity index (χ2v) is 4.64. The average molecular weight is 303 g/mol. The maximum absolute atomic E-state index is 8.65. The number of halogens is 1. The standard InChI is InChI=1S/C13H11BrN4/c1-9(11-4-2-3-5-12(11)14)18-13-8-16-10(6-15)7-17-13/h2-5,7-9H,1H3,(H,17,18). The maximum Gasteiger partial charge on any atom is 0.158 e. The van der Waals surface area contributed by atoms with E-state index in [0.717, 1.165) is 10.0 Å². The third-order valence-corrected chi connectivity index (χ3v) is 3.22. The average Bonchev–Trinajstić information content (AvgIpc) is 2.40. The fraction of sp³-hybridized carbons (Fsp3) is 0.154. The number of hydrogen-bond donors (Lipinski definition) is 1. The molecule has 0 aliphatic carbocycles. The van der Waals surface area contributed by atoms with Crippen LogP contribution < -0.4 is 5.32 Å². The van der Waals surface area contributed by atoms with Crippen LogP contribution in [-0.4, -0.2) is 9.97 Å². The minimum absolute atomic E-state index is 0.0998. The first-order valence-corrected chi connectivity index (χ1v) is 6.23. The minimum Gasteiger partial charge on any atom is -0.362 e. The molecule has 1 aromatic heterocycles. The summed E-state index contributed by atoms with van der Waals surface area (Å²) in [4.78, 5) is 8.10. The van der Waals surface area contributed by atoms with E-state index in [1.165, 1.54) is 6.20 Å². The summed E-state index contributed by atoms with van der Waals surface area (Å²) in [6.07, 6.45) is 3.01. The number of hydrogen-bond acceptors (Lipinski definition) is 4. The number of nitriles is 1. The van der Waals surface area contributed by atoms with E-state index in [2.05, 4.69) is 31.2 Å². The highest BCUT2D eigenvalue weighted by molar-refractivity contribution is 9.10. The van der Waals surface area contributed by atoms with E-state index in [1.54, 1.807) is 6.20 Å². The lowest BCUT2D eigenvalue weighted by Gasteiger charge is -2.15. The molecule has 0 saturated heterocycles. The highest BCUT2D eigenvalue weighted by atomic mass is 79.9. The van der Waals surface area contributed by atoms with Gasteiger partial charge in [-0.25, -0.2) is 9.97 Å². The van der Waals surface area contributed by atoms with Crippen LogP contribution in [0.4, 0.5) is 5.82 Å². The molecule has 1 N–H and O–H groups in total. The predicted octanol–water partition coefficient (Wildman–Crippen LogP) is 3.28. The van der Waals surface area contributed by atoms with Gasteiger partial charge in [-0.1, -0.05) is 34.1 Å². The lowest BCUT2D eigenvalue weighted by Crippen LogP contribution is -2.08. The molecule has 0 aliphatic rings. The topological polar surface area (TPSA) is 61.6 Å². The van der Waals surface area contributed by atoms with Crippen molar-refractivity contribution in [2.45, 2.75) is 13.0 Å². The zero-order valence-electron chi connectivity index (χ0n) is 9.76. The van der Waals surface area contributed by atoms with Crippen LogP contribution in [0.25, 0.3) is 0 Å². The first-order chi connectivity index (χ1) is 8.70. The fourth-order valence-electron chi connectivity index (χ4n) is 1.59. The van der Waals surface area contributed by atoms with Crippen LogP contribution >= 0.6 is 15.9 Å². The molecule has 90 valence electrons. The minimum atomic E-state index is 0.0998. The van der Waals surface area contributed by atoms with Gasteiger partial charge in [0.1, 0.15) is 11.9 Å². The van der Waals surface area contributed by atoms with E-state index in [1.807, 2.05) is 37.3 Å². The molecule has 0 aliphatic heterocycles. The molecule has 0 amide bonds. The molecule has 5 heteroatoms. The van der Waals surface area contributed by atoms with Gasteiger partial charge < -0.3 is 5.32 Å². The van der Waals surface area contributed by atoms with Crippen molar-refractivity contribution in [3.8, 4) is 6.07 Å². The van der Waals surface area contributed by atoms with Crippen molar-refractivity contribution in [2.24, 2.45) is 0 Å². The van der Waals surface area contributed by atoms with Crippen LogP contribution in [0.3, 0.4) is 0 Å². The van der Waals surface area contributed by atoms with Gasteiger partial charge in [-0.15, -0.1) is 0 Å². The van der Waals surface area contributed by atoms with Gasteiger partial charge in [0.05, 0.1) is 18.4 Å². The van der Waals surface area contributed by atoms with Gasteiger partial charge in [0.15, 0.2) is 5.69 Å². The summed E-state index contributed by atoms with van der Waals surface area (Å²) in [5.41, 5.74) is 1.46. The van der Waals surface area contributed by atoms with Crippen molar-refractivity contribution in [3.05, 3.63) is 52.4 Å². The summed E-state index contributed by atoms with van der Waals surface area (Å²) in [5, 5.41) is 11.9. The van der Waals surface area contributed by atoms with Crippen molar-refractivity contribution in [1.82, 2.24) is 9.97 Å². The Hall–Kier alpha value is -1.93. The van der Waals surface area contributed by atoms with Crippen molar-refractivity contribution >= 4 is 21.7 Å². The Kier molecular flexibility index (Phi) is 3.90. The molecule has 1 aromatic carbocycles. The van der Waals surface area contributed by atoms with Crippen molar-refractivity contribution in [3.63, 3.8) is 0 Å². The van der Waals surface area contributed by atoms with Gasteiger partial charge >= 0.3 is 0 Å².